The van der Waals surface area contributed by atoms with Crippen molar-refractivity contribution in [3.05, 3.63) is 35.4 Å². The van der Waals surface area contributed by atoms with Crippen molar-refractivity contribution >= 4 is 12.1 Å². The van der Waals surface area contributed by atoms with Crippen LogP contribution in [-0.2, 0) is 13.1 Å². The number of amides is 4. The second-order valence-corrected chi connectivity index (χ2v) is 5.15. The van der Waals surface area contributed by atoms with Gasteiger partial charge in [0.2, 0.25) is 0 Å². The molecule has 122 valence electrons. The van der Waals surface area contributed by atoms with Gasteiger partial charge in [-0.05, 0) is 11.1 Å². The van der Waals surface area contributed by atoms with Gasteiger partial charge in [-0.15, -0.1) is 0 Å². The monoisotopic (exact) mass is 308 g/mol. The molecule has 0 unspecified atom stereocenters. The van der Waals surface area contributed by atoms with Gasteiger partial charge in [-0.3, -0.25) is 10.9 Å². The Hall–Kier alpha value is -2.32. The molecule has 0 saturated carbocycles. The van der Waals surface area contributed by atoms with Gasteiger partial charge in [0, 0.05) is 41.3 Å². The molecule has 1 rings (SSSR count). The van der Waals surface area contributed by atoms with Crippen LogP contribution in [-0.4, -0.2) is 50.3 Å². The predicted octanol–water partition coefficient (Wildman–Crippen LogP) is 0.238. The third-order valence-corrected chi connectivity index (χ3v) is 2.65. The molecule has 0 fully saturated rings. The summed E-state index contributed by atoms with van der Waals surface area (Å²) in [5.74, 6) is 0. The van der Waals surface area contributed by atoms with Crippen molar-refractivity contribution in [2.45, 2.75) is 13.1 Å². The largest absolute Gasteiger partial charge is 0.333 e. The Kier molecular flexibility index (Phi) is 7.14. The number of carbonyl (C=O) groups is 2. The lowest BCUT2D eigenvalue weighted by atomic mass is 10.1. The van der Waals surface area contributed by atoms with E-state index in [0.29, 0.717) is 13.1 Å². The van der Waals surface area contributed by atoms with Gasteiger partial charge in [-0.25, -0.2) is 19.6 Å². The van der Waals surface area contributed by atoms with E-state index < -0.39 is 0 Å². The van der Waals surface area contributed by atoms with Crippen LogP contribution in [0.5, 0.6) is 0 Å². The van der Waals surface area contributed by atoms with E-state index in [0.717, 1.165) is 11.1 Å². The molecular weight excluding hydrogens is 284 g/mol. The molecule has 0 aromatic heterocycles. The summed E-state index contributed by atoms with van der Waals surface area (Å²) in [6.45, 7) is 0.764. The summed E-state index contributed by atoms with van der Waals surface area (Å²) in [5.41, 5.74) is 7.10. The van der Waals surface area contributed by atoms with Gasteiger partial charge >= 0.3 is 12.1 Å². The zero-order valence-electron chi connectivity index (χ0n) is 13.4. The average Bonchev–Trinajstić information content (AvgIpc) is 2.42. The van der Waals surface area contributed by atoms with Crippen LogP contribution >= 0.6 is 0 Å². The van der Waals surface area contributed by atoms with E-state index in [4.69, 9.17) is 0 Å². The molecule has 1 aromatic carbocycles. The molecule has 0 radical (unpaired) electrons. The van der Waals surface area contributed by atoms with Crippen LogP contribution in [0, 0.1) is 0 Å². The molecule has 0 spiro atoms. The Bertz CT molecular complexity index is 459. The highest BCUT2D eigenvalue weighted by Crippen LogP contribution is 2.08. The number of nitrogens with zero attached hydrogens (tertiary/aromatic N) is 2. The highest BCUT2D eigenvalue weighted by molar-refractivity contribution is 5.74. The number of hydrogen-bond donors (Lipinski definition) is 4. The normalized spacial score (nSPS) is 10.5. The molecule has 0 atom stereocenters. The molecule has 4 N–H and O–H groups in total. The van der Waals surface area contributed by atoms with Gasteiger partial charge in [0.1, 0.15) is 0 Å². The van der Waals surface area contributed by atoms with Crippen LogP contribution in [0.2, 0.25) is 0 Å². The fraction of sp³-hybridized carbons (Fsp3) is 0.429. The van der Waals surface area contributed by atoms with Crippen molar-refractivity contribution < 1.29 is 9.59 Å². The van der Waals surface area contributed by atoms with Crippen molar-refractivity contribution in [2.24, 2.45) is 0 Å². The maximum absolute atomic E-state index is 11.6. The molecule has 0 heterocycles. The second-order valence-electron chi connectivity index (χ2n) is 5.15. The third-order valence-electron chi connectivity index (χ3n) is 2.65. The lowest BCUT2D eigenvalue weighted by Crippen LogP contribution is -2.43. The van der Waals surface area contributed by atoms with E-state index in [1.165, 1.54) is 0 Å². The van der Waals surface area contributed by atoms with Crippen molar-refractivity contribution in [2.75, 3.05) is 28.2 Å². The molecule has 0 aliphatic rings. The Morgan fingerprint density at radius 2 is 1.18 bits per heavy atom. The van der Waals surface area contributed by atoms with Gasteiger partial charge in [0.05, 0.1) is 0 Å². The summed E-state index contributed by atoms with van der Waals surface area (Å²) < 4.78 is 0. The highest BCUT2D eigenvalue weighted by Gasteiger charge is 2.07. The minimum atomic E-state index is -0.280. The highest BCUT2D eigenvalue weighted by atomic mass is 16.2. The smallest absolute Gasteiger partial charge is 0.329 e. The Labute approximate surface area is 130 Å². The second kappa shape index (κ2) is 8.85. The topological polar surface area (TPSA) is 88.7 Å². The van der Waals surface area contributed by atoms with E-state index in [1.54, 1.807) is 38.2 Å². The molecule has 0 aliphatic heterocycles. The summed E-state index contributed by atoms with van der Waals surface area (Å²) in [4.78, 5) is 23.2. The van der Waals surface area contributed by atoms with Crippen LogP contribution in [0.3, 0.4) is 0 Å². The lowest BCUT2D eigenvalue weighted by Gasteiger charge is -2.16. The summed E-state index contributed by atoms with van der Waals surface area (Å²) in [6, 6.07) is 7.05. The standard InChI is InChI=1S/C14H24N6O2/c1-19(2)17-13(21)15-9-11-7-5-6-8-12(11)10-16-14(22)18-20(3)4/h5-8H,9-10H2,1-4H3,(H2,15,17,21)(H2,16,18,22). The SMILES string of the molecule is CN(C)NC(=O)NCc1ccccc1CNC(=O)NN(C)C. The average molecular weight is 308 g/mol. The van der Waals surface area contributed by atoms with Crippen LogP contribution < -0.4 is 21.5 Å². The predicted molar refractivity (Wildman–Crippen MR) is 84.6 cm³/mol. The van der Waals surface area contributed by atoms with Gasteiger partial charge in [0.25, 0.3) is 0 Å². The number of urea groups is 2. The summed E-state index contributed by atoms with van der Waals surface area (Å²) >= 11 is 0. The maximum atomic E-state index is 11.6. The van der Waals surface area contributed by atoms with Crippen LogP contribution in [0.4, 0.5) is 9.59 Å². The van der Waals surface area contributed by atoms with Gasteiger partial charge in [-0.1, -0.05) is 24.3 Å². The van der Waals surface area contributed by atoms with E-state index in [-0.39, 0.29) is 12.1 Å². The minimum Gasteiger partial charge on any atom is -0.333 e. The maximum Gasteiger partial charge on any atom is 0.329 e. The molecule has 0 aliphatic carbocycles. The molecule has 8 heteroatoms. The van der Waals surface area contributed by atoms with Crippen molar-refractivity contribution in [1.82, 2.24) is 31.5 Å². The minimum absolute atomic E-state index is 0.280. The first-order valence-corrected chi connectivity index (χ1v) is 6.89. The third kappa shape index (κ3) is 6.91. The number of carbonyl (C=O) groups excluding carboxylic acids is 2. The van der Waals surface area contributed by atoms with E-state index in [2.05, 4.69) is 21.5 Å². The first kappa shape index (κ1) is 17.7. The summed E-state index contributed by atoms with van der Waals surface area (Å²) in [6.07, 6.45) is 0. The molecule has 0 saturated heterocycles. The fourth-order valence-electron chi connectivity index (χ4n) is 1.74. The Morgan fingerprint density at radius 1 is 0.818 bits per heavy atom. The van der Waals surface area contributed by atoms with Crippen LogP contribution in [0.15, 0.2) is 24.3 Å². The molecule has 1 aromatic rings. The van der Waals surface area contributed by atoms with Crippen LogP contribution in [0.25, 0.3) is 0 Å². The first-order chi connectivity index (χ1) is 10.4. The van der Waals surface area contributed by atoms with Crippen molar-refractivity contribution in [1.29, 1.82) is 0 Å². The first-order valence-electron chi connectivity index (χ1n) is 6.89. The number of hydrazine groups is 2. The van der Waals surface area contributed by atoms with Gasteiger partial charge in [0.15, 0.2) is 0 Å². The zero-order valence-corrected chi connectivity index (χ0v) is 13.4. The lowest BCUT2D eigenvalue weighted by molar-refractivity contribution is 0.210. The molecule has 22 heavy (non-hydrogen) atoms. The summed E-state index contributed by atoms with van der Waals surface area (Å²) in [5, 5.41) is 8.65. The molecule has 8 nitrogen and oxygen atoms in total. The Morgan fingerprint density at radius 3 is 1.50 bits per heavy atom. The van der Waals surface area contributed by atoms with E-state index in [1.807, 2.05) is 24.3 Å². The van der Waals surface area contributed by atoms with Gasteiger partial charge in [-0.2, -0.15) is 0 Å². The van der Waals surface area contributed by atoms with Crippen molar-refractivity contribution in [3.8, 4) is 0 Å². The molecule has 0 bridgehead atoms. The quantitative estimate of drug-likeness (QED) is 0.567. The zero-order chi connectivity index (χ0) is 16.5. The number of nitrogens with one attached hydrogen (secondary N) is 4. The van der Waals surface area contributed by atoms with E-state index in [9.17, 15) is 9.59 Å². The molecule has 4 amide bonds. The molecular formula is C14H24N6O2. The number of benzene rings is 1. The number of rotatable bonds is 6. The fourth-order valence-corrected chi connectivity index (χ4v) is 1.74. The van der Waals surface area contributed by atoms with Gasteiger partial charge < -0.3 is 10.6 Å². The summed E-state index contributed by atoms with van der Waals surface area (Å²) in [7, 11) is 6.95. The van der Waals surface area contributed by atoms with Crippen molar-refractivity contribution in [3.63, 3.8) is 0 Å². The Balaban J connectivity index is 2.54. The number of hydrogen-bond acceptors (Lipinski definition) is 4. The van der Waals surface area contributed by atoms with Crippen LogP contribution in [0.1, 0.15) is 11.1 Å². The van der Waals surface area contributed by atoms with E-state index >= 15 is 0 Å².